The van der Waals surface area contributed by atoms with Crippen LogP contribution in [0.2, 0.25) is 0 Å². The molecule has 0 atom stereocenters. The Morgan fingerprint density at radius 1 is 1.41 bits per heavy atom. The first-order valence-corrected chi connectivity index (χ1v) is 6.30. The van der Waals surface area contributed by atoms with Gasteiger partial charge in [0.25, 0.3) is 0 Å². The number of nitrogens with one attached hydrogen (secondary N) is 1. The zero-order valence-corrected chi connectivity index (χ0v) is 10.6. The van der Waals surface area contributed by atoms with Gasteiger partial charge in [-0.1, -0.05) is 6.92 Å². The molecule has 2 rings (SSSR count). The highest BCUT2D eigenvalue weighted by atomic mass is 16.5. The molecule has 4 heteroatoms. The van der Waals surface area contributed by atoms with Crippen molar-refractivity contribution in [2.75, 3.05) is 32.1 Å². The van der Waals surface area contributed by atoms with Crippen LogP contribution in [0.25, 0.3) is 0 Å². The zero-order valence-electron chi connectivity index (χ0n) is 10.6. The third kappa shape index (κ3) is 3.33. The van der Waals surface area contributed by atoms with Crippen LogP contribution in [-0.4, -0.2) is 42.7 Å². The minimum absolute atomic E-state index is 0.554. The number of pyridine rings is 1. The molecule has 0 radical (unpaired) electrons. The van der Waals surface area contributed by atoms with E-state index in [0.717, 1.165) is 18.1 Å². The Morgan fingerprint density at radius 2 is 2.18 bits per heavy atom. The topological polar surface area (TPSA) is 37.4 Å². The van der Waals surface area contributed by atoms with Crippen LogP contribution in [0, 0.1) is 0 Å². The van der Waals surface area contributed by atoms with Gasteiger partial charge in [0.1, 0.15) is 11.6 Å². The van der Waals surface area contributed by atoms with E-state index in [1.165, 1.54) is 25.9 Å². The van der Waals surface area contributed by atoms with Crippen LogP contribution < -0.4 is 10.1 Å². The second-order valence-corrected chi connectivity index (χ2v) is 4.44. The third-order valence-electron chi connectivity index (χ3n) is 3.36. The molecule has 1 aromatic rings. The lowest BCUT2D eigenvalue weighted by Crippen LogP contribution is -2.38. The molecule has 4 nitrogen and oxygen atoms in total. The number of piperidine rings is 1. The molecule has 17 heavy (non-hydrogen) atoms. The van der Waals surface area contributed by atoms with Crippen LogP contribution >= 0.6 is 0 Å². The van der Waals surface area contributed by atoms with Crippen molar-refractivity contribution < 1.29 is 4.74 Å². The number of hydrogen-bond acceptors (Lipinski definition) is 4. The normalized spacial score (nSPS) is 18.0. The smallest absolute Gasteiger partial charge is 0.137 e. The average Bonchev–Trinajstić information content (AvgIpc) is 2.40. The number of hydrogen-bond donors (Lipinski definition) is 1. The maximum Gasteiger partial charge on any atom is 0.137 e. The van der Waals surface area contributed by atoms with Gasteiger partial charge in [0.05, 0.1) is 13.3 Å². The monoisotopic (exact) mass is 235 g/mol. The molecule has 1 aliphatic rings. The maximum atomic E-state index is 5.09. The molecule has 1 N–H and O–H groups in total. The van der Waals surface area contributed by atoms with Gasteiger partial charge >= 0.3 is 0 Å². The highest BCUT2D eigenvalue weighted by molar-refractivity contribution is 5.38. The number of likely N-dealkylation sites (tertiary alicyclic amines) is 1. The summed E-state index contributed by atoms with van der Waals surface area (Å²) in [5.41, 5.74) is 0. The number of nitrogens with zero attached hydrogens (tertiary/aromatic N) is 2. The standard InChI is InChI=1S/C13H21N3O/c1-3-16-8-6-11(7-9-16)15-13-5-4-12(17-2)10-14-13/h4-5,10-11H,3,6-9H2,1-2H3,(H,14,15). The van der Waals surface area contributed by atoms with Gasteiger partial charge in [-0.3, -0.25) is 0 Å². The number of anilines is 1. The van der Waals surface area contributed by atoms with E-state index in [1.54, 1.807) is 13.3 Å². The quantitative estimate of drug-likeness (QED) is 0.866. The first-order valence-electron chi connectivity index (χ1n) is 6.30. The molecule has 0 aromatic carbocycles. The van der Waals surface area contributed by atoms with Crippen molar-refractivity contribution in [3.05, 3.63) is 18.3 Å². The van der Waals surface area contributed by atoms with Crippen LogP contribution in [0.15, 0.2) is 18.3 Å². The SMILES string of the molecule is CCN1CCC(Nc2ccc(OC)cn2)CC1. The highest BCUT2D eigenvalue weighted by Gasteiger charge is 2.17. The Morgan fingerprint density at radius 3 is 2.71 bits per heavy atom. The molecule has 0 saturated carbocycles. The molecule has 0 unspecified atom stereocenters. The molecular weight excluding hydrogens is 214 g/mol. The van der Waals surface area contributed by atoms with E-state index in [1.807, 2.05) is 12.1 Å². The molecule has 2 heterocycles. The molecule has 1 fully saturated rings. The molecule has 1 saturated heterocycles. The Bertz CT molecular complexity index is 331. The largest absolute Gasteiger partial charge is 0.495 e. The lowest BCUT2D eigenvalue weighted by Gasteiger charge is -2.31. The predicted molar refractivity (Wildman–Crippen MR) is 69.5 cm³/mol. The molecule has 1 aliphatic heterocycles. The fraction of sp³-hybridized carbons (Fsp3) is 0.615. The van der Waals surface area contributed by atoms with Crippen molar-refractivity contribution in [3.8, 4) is 5.75 Å². The lowest BCUT2D eigenvalue weighted by molar-refractivity contribution is 0.229. The van der Waals surface area contributed by atoms with Crippen molar-refractivity contribution in [1.82, 2.24) is 9.88 Å². The van der Waals surface area contributed by atoms with Gasteiger partial charge in [-0.05, 0) is 31.5 Å². The Kier molecular flexibility index (Phi) is 4.20. The summed E-state index contributed by atoms with van der Waals surface area (Å²) in [4.78, 5) is 6.82. The summed E-state index contributed by atoms with van der Waals surface area (Å²) >= 11 is 0. The van der Waals surface area contributed by atoms with Gasteiger partial charge in [-0.2, -0.15) is 0 Å². The van der Waals surface area contributed by atoms with Gasteiger partial charge < -0.3 is 15.0 Å². The lowest BCUT2D eigenvalue weighted by atomic mass is 10.1. The molecule has 94 valence electrons. The van der Waals surface area contributed by atoms with Crippen molar-refractivity contribution in [1.29, 1.82) is 0 Å². The molecule has 0 spiro atoms. The molecular formula is C13H21N3O. The summed E-state index contributed by atoms with van der Waals surface area (Å²) in [6.07, 6.45) is 4.15. The molecule has 0 amide bonds. The number of ether oxygens (including phenoxy) is 1. The van der Waals surface area contributed by atoms with Crippen molar-refractivity contribution in [2.45, 2.75) is 25.8 Å². The van der Waals surface area contributed by atoms with Crippen LogP contribution in [0.4, 0.5) is 5.82 Å². The van der Waals surface area contributed by atoms with E-state index < -0.39 is 0 Å². The zero-order chi connectivity index (χ0) is 12.1. The van der Waals surface area contributed by atoms with Crippen molar-refractivity contribution >= 4 is 5.82 Å². The Hall–Kier alpha value is -1.29. The second kappa shape index (κ2) is 5.87. The van der Waals surface area contributed by atoms with Gasteiger partial charge in [-0.25, -0.2) is 4.98 Å². The van der Waals surface area contributed by atoms with Gasteiger partial charge in [0, 0.05) is 19.1 Å². The fourth-order valence-electron chi connectivity index (χ4n) is 2.19. The Labute approximate surface area is 103 Å². The van der Waals surface area contributed by atoms with E-state index in [9.17, 15) is 0 Å². The maximum absolute atomic E-state index is 5.09. The fourth-order valence-corrected chi connectivity index (χ4v) is 2.19. The molecule has 0 aliphatic carbocycles. The van der Waals surface area contributed by atoms with E-state index >= 15 is 0 Å². The minimum Gasteiger partial charge on any atom is -0.495 e. The first kappa shape index (κ1) is 12.2. The summed E-state index contributed by atoms with van der Waals surface area (Å²) in [5, 5.41) is 3.48. The van der Waals surface area contributed by atoms with E-state index in [2.05, 4.69) is 22.1 Å². The van der Waals surface area contributed by atoms with Crippen LogP contribution in [-0.2, 0) is 0 Å². The van der Waals surface area contributed by atoms with Crippen LogP contribution in [0.5, 0.6) is 5.75 Å². The van der Waals surface area contributed by atoms with Crippen LogP contribution in [0.1, 0.15) is 19.8 Å². The van der Waals surface area contributed by atoms with Crippen molar-refractivity contribution in [3.63, 3.8) is 0 Å². The summed E-state index contributed by atoms with van der Waals surface area (Å²) in [7, 11) is 1.66. The number of methoxy groups -OCH3 is 1. The second-order valence-electron chi connectivity index (χ2n) is 4.44. The van der Waals surface area contributed by atoms with E-state index in [-0.39, 0.29) is 0 Å². The number of rotatable bonds is 4. The van der Waals surface area contributed by atoms with Crippen molar-refractivity contribution in [2.24, 2.45) is 0 Å². The first-order chi connectivity index (χ1) is 8.31. The van der Waals surface area contributed by atoms with E-state index in [0.29, 0.717) is 6.04 Å². The minimum atomic E-state index is 0.554. The average molecular weight is 235 g/mol. The number of aromatic nitrogens is 1. The summed E-state index contributed by atoms with van der Waals surface area (Å²) in [5.74, 6) is 1.75. The highest BCUT2D eigenvalue weighted by Crippen LogP contribution is 2.16. The van der Waals surface area contributed by atoms with Gasteiger partial charge in [0.2, 0.25) is 0 Å². The Balaban J connectivity index is 1.84. The van der Waals surface area contributed by atoms with E-state index in [4.69, 9.17) is 4.74 Å². The molecule has 1 aromatic heterocycles. The van der Waals surface area contributed by atoms with Gasteiger partial charge in [0.15, 0.2) is 0 Å². The third-order valence-corrected chi connectivity index (χ3v) is 3.36. The summed E-state index contributed by atoms with van der Waals surface area (Å²) < 4.78 is 5.09. The summed E-state index contributed by atoms with van der Waals surface area (Å²) in [6, 6.07) is 4.47. The van der Waals surface area contributed by atoms with Gasteiger partial charge in [-0.15, -0.1) is 0 Å². The molecule has 0 bridgehead atoms. The van der Waals surface area contributed by atoms with Crippen LogP contribution in [0.3, 0.4) is 0 Å². The predicted octanol–water partition coefficient (Wildman–Crippen LogP) is 1.99. The summed E-state index contributed by atoms with van der Waals surface area (Å²) in [6.45, 7) is 5.75.